The molecule has 0 atom stereocenters. The first kappa shape index (κ1) is 18.8. The van der Waals surface area contributed by atoms with Crippen molar-refractivity contribution in [2.24, 2.45) is 0 Å². The number of halogens is 1. The molecule has 3 rings (SSSR count). The fraction of sp³-hybridized carbons (Fsp3) is 0.389. The molecule has 0 saturated heterocycles. The van der Waals surface area contributed by atoms with Crippen molar-refractivity contribution in [2.75, 3.05) is 25.5 Å². The van der Waals surface area contributed by atoms with E-state index in [4.69, 9.17) is 11.6 Å². The molecule has 0 unspecified atom stereocenters. The van der Waals surface area contributed by atoms with E-state index in [2.05, 4.69) is 27.6 Å². The summed E-state index contributed by atoms with van der Waals surface area (Å²) in [5.74, 6) is -0.246. The number of amides is 2. The van der Waals surface area contributed by atoms with Crippen molar-refractivity contribution >= 4 is 39.9 Å². The van der Waals surface area contributed by atoms with Crippen LogP contribution in [0.5, 0.6) is 0 Å². The predicted molar refractivity (Wildman–Crippen MR) is 104 cm³/mol. The number of rotatable bonds is 6. The van der Waals surface area contributed by atoms with Crippen molar-refractivity contribution in [3.8, 4) is 0 Å². The predicted octanol–water partition coefficient (Wildman–Crippen LogP) is 2.93. The van der Waals surface area contributed by atoms with Crippen LogP contribution in [0, 0.1) is 0 Å². The summed E-state index contributed by atoms with van der Waals surface area (Å²) in [7, 11) is 2.08. The summed E-state index contributed by atoms with van der Waals surface area (Å²) < 4.78 is 0. The first-order valence-corrected chi connectivity index (χ1v) is 9.71. The largest absolute Gasteiger partial charge is 0.352 e. The third-order valence-electron chi connectivity index (χ3n) is 4.14. The van der Waals surface area contributed by atoms with E-state index < -0.39 is 0 Å². The summed E-state index contributed by atoms with van der Waals surface area (Å²) in [6.45, 7) is 2.32. The number of nitrogens with one attached hydrogen (secondary N) is 2. The number of nitrogens with zero attached hydrogens (tertiary/aromatic N) is 2. The second-order valence-corrected chi connectivity index (χ2v) is 7.81. The minimum Gasteiger partial charge on any atom is -0.352 e. The molecule has 8 heteroatoms. The monoisotopic (exact) mass is 392 g/mol. The molecule has 2 amide bonds. The summed E-state index contributed by atoms with van der Waals surface area (Å²) >= 11 is 7.35. The third kappa shape index (κ3) is 5.03. The van der Waals surface area contributed by atoms with Crippen LogP contribution in [0.4, 0.5) is 5.13 Å². The molecule has 0 aliphatic carbocycles. The van der Waals surface area contributed by atoms with Gasteiger partial charge in [0.15, 0.2) is 5.13 Å². The number of likely N-dealkylation sites (N-methyl/N-ethyl adjacent to an activating group) is 1. The van der Waals surface area contributed by atoms with Crippen molar-refractivity contribution in [3.05, 3.63) is 45.4 Å². The van der Waals surface area contributed by atoms with E-state index in [0.717, 1.165) is 25.2 Å². The summed E-state index contributed by atoms with van der Waals surface area (Å²) in [6.07, 6.45) is 1.83. The Hall–Kier alpha value is -1.96. The van der Waals surface area contributed by atoms with E-state index in [1.165, 1.54) is 4.88 Å². The molecule has 138 valence electrons. The molecule has 1 aliphatic rings. The number of anilines is 1. The Bertz CT molecular complexity index is 791. The van der Waals surface area contributed by atoms with Crippen molar-refractivity contribution < 1.29 is 9.59 Å². The molecular formula is C18H21ClN4O2S. The summed E-state index contributed by atoms with van der Waals surface area (Å²) in [6, 6.07) is 6.70. The molecule has 0 saturated carbocycles. The van der Waals surface area contributed by atoms with Gasteiger partial charge in [0.2, 0.25) is 5.91 Å². The zero-order valence-electron chi connectivity index (χ0n) is 14.5. The van der Waals surface area contributed by atoms with Gasteiger partial charge in [-0.25, -0.2) is 4.98 Å². The molecule has 2 aromatic rings. The van der Waals surface area contributed by atoms with Gasteiger partial charge >= 0.3 is 0 Å². The number of benzene rings is 1. The van der Waals surface area contributed by atoms with Crippen LogP contribution in [0.3, 0.4) is 0 Å². The Labute approximate surface area is 161 Å². The van der Waals surface area contributed by atoms with E-state index in [-0.39, 0.29) is 11.8 Å². The van der Waals surface area contributed by atoms with Gasteiger partial charge in [-0.15, -0.1) is 11.3 Å². The maximum Gasteiger partial charge on any atom is 0.251 e. The number of thiazole rings is 1. The lowest BCUT2D eigenvalue weighted by atomic mass is 10.2. The molecule has 0 spiro atoms. The quantitative estimate of drug-likeness (QED) is 0.741. The second-order valence-electron chi connectivity index (χ2n) is 6.29. The molecule has 2 N–H and O–H groups in total. The van der Waals surface area contributed by atoms with E-state index in [1.807, 2.05) is 0 Å². The Balaban J connectivity index is 1.39. The first-order valence-electron chi connectivity index (χ1n) is 8.52. The highest BCUT2D eigenvalue weighted by molar-refractivity contribution is 7.15. The van der Waals surface area contributed by atoms with E-state index in [0.29, 0.717) is 35.1 Å². The highest BCUT2D eigenvalue weighted by Gasteiger charge is 2.19. The molecule has 0 bridgehead atoms. The molecule has 1 aromatic carbocycles. The average Bonchev–Trinajstić information content (AvgIpc) is 3.00. The molecule has 26 heavy (non-hydrogen) atoms. The van der Waals surface area contributed by atoms with Crippen LogP contribution >= 0.6 is 22.9 Å². The Morgan fingerprint density at radius 1 is 1.31 bits per heavy atom. The van der Waals surface area contributed by atoms with Gasteiger partial charge in [-0.1, -0.05) is 11.6 Å². The van der Waals surface area contributed by atoms with Gasteiger partial charge in [0.05, 0.1) is 5.69 Å². The Morgan fingerprint density at radius 3 is 2.85 bits per heavy atom. The van der Waals surface area contributed by atoms with Gasteiger partial charge < -0.3 is 15.5 Å². The SMILES string of the molecule is CN1CCc2nc(NC(=O)CCCNC(=O)c3ccc(Cl)cc3)sc2C1. The topological polar surface area (TPSA) is 74.3 Å². The van der Waals surface area contributed by atoms with Gasteiger partial charge in [0.1, 0.15) is 0 Å². The summed E-state index contributed by atoms with van der Waals surface area (Å²) in [5.41, 5.74) is 1.65. The van der Waals surface area contributed by atoms with Gasteiger partial charge in [0, 0.05) is 47.9 Å². The molecule has 6 nitrogen and oxygen atoms in total. The van der Waals surface area contributed by atoms with E-state index in [1.54, 1.807) is 35.6 Å². The molecule has 0 fully saturated rings. The fourth-order valence-corrected chi connectivity index (χ4v) is 3.94. The van der Waals surface area contributed by atoms with Crippen molar-refractivity contribution in [1.82, 2.24) is 15.2 Å². The van der Waals surface area contributed by atoms with Crippen molar-refractivity contribution in [2.45, 2.75) is 25.8 Å². The third-order valence-corrected chi connectivity index (χ3v) is 5.39. The van der Waals surface area contributed by atoms with Gasteiger partial charge in [-0.2, -0.15) is 0 Å². The maximum atomic E-state index is 12.1. The lowest BCUT2D eigenvalue weighted by Gasteiger charge is -2.20. The number of hydrogen-bond donors (Lipinski definition) is 2. The number of hydrogen-bond acceptors (Lipinski definition) is 5. The Morgan fingerprint density at radius 2 is 2.08 bits per heavy atom. The standard InChI is InChI=1S/C18H21ClN4O2S/c1-23-10-8-14-15(11-23)26-18(21-14)22-16(24)3-2-9-20-17(25)12-4-6-13(19)7-5-12/h4-7H,2-3,8-11H2,1H3,(H,20,25)(H,21,22,24). The minimum absolute atomic E-state index is 0.0785. The van der Waals surface area contributed by atoms with Crippen LogP contribution in [-0.4, -0.2) is 41.8 Å². The molecule has 1 aromatic heterocycles. The van der Waals surface area contributed by atoms with Gasteiger partial charge in [-0.05, 0) is 37.7 Å². The summed E-state index contributed by atoms with van der Waals surface area (Å²) in [5, 5.41) is 6.92. The van der Waals surface area contributed by atoms with Crippen molar-refractivity contribution in [3.63, 3.8) is 0 Å². The van der Waals surface area contributed by atoms with Crippen LogP contribution in [0.25, 0.3) is 0 Å². The smallest absolute Gasteiger partial charge is 0.251 e. The van der Waals surface area contributed by atoms with E-state index >= 15 is 0 Å². The summed E-state index contributed by atoms with van der Waals surface area (Å²) in [4.78, 5) is 32.0. The van der Waals surface area contributed by atoms with Crippen LogP contribution < -0.4 is 10.6 Å². The number of fused-ring (bicyclic) bond motifs is 1. The zero-order valence-corrected chi connectivity index (χ0v) is 16.1. The highest BCUT2D eigenvalue weighted by Crippen LogP contribution is 2.27. The molecule has 1 aliphatic heterocycles. The van der Waals surface area contributed by atoms with Gasteiger partial charge in [-0.3, -0.25) is 9.59 Å². The Kier molecular flexibility index (Phi) is 6.24. The number of carbonyl (C=O) groups is 2. The van der Waals surface area contributed by atoms with E-state index in [9.17, 15) is 9.59 Å². The second kappa shape index (κ2) is 8.62. The number of aromatic nitrogens is 1. The first-order chi connectivity index (χ1) is 12.5. The maximum absolute atomic E-state index is 12.1. The molecule has 2 heterocycles. The molecular weight excluding hydrogens is 372 g/mol. The van der Waals surface area contributed by atoms with Crippen LogP contribution in [-0.2, 0) is 17.8 Å². The minimum atomic E-state index is -0.168. The highest BCUT2D eigenvalue weighted by atomic mass is 35.5. The lowest BCUT2D eigenvalue weighted by Crippen LogP contribution is -2.25. The van der Waals surface area contributed by atoms with Crippen molar-refractivity contribution in [1.29, 1.82) is 0 Å². The number of carbonyl (C=O) groups excluding carboxylic acids is 2. The molecule has 0 radical (unpaired) electrons. The fourth-order valence-electron chi connectivity index (χ4n) is 2.71. The lowest BCUT2D eigenvalue weighted by molar-refractivity contribution is -0.116. The zero-order chi connectivity index (χ0) is 18.5. The van der Waals surface area contributed by atoms with Gasteiger partial charge in [0.25, 0.3) is 5.91 Å². The normalized spacial score (nSPS) is 13.9. The van der Waals surface area contributed by atoms with Crippen LogP contribution in [0.15, 0.2) is 24.3 Å². The van der Waals surface area contributed by atoms with Crippen LogP contribution in [0.1, 0.15) is 33.8 Å². The average molecular weight is 393 g/mol. The van der Waals surface area contributed by atoms with Crippen LogP contribution in [0.2, 0.25) is 5.02 Å².